The highest BCUT2D eigenvalue weighted by Crippen LogP contribution is 2.33. The third-order valence-corrected chi connectivity index (χ3v) is 5.61. The Morgan fingerprint density at radius 1 is 1.39 bits per heavy atom. The lowest BCUT2D eigenvalue weighted by atomic mass is 10.2. The first kappa shape index (κ1) is 23.2. The van der Waals surface area contributed by atoms with Gasteiger partial charge in [0.1, 0.15) is 18.0 Å². The van der Waals surface area contributed by atoms with Gasteiger partial charge in [-0.1, -0.05) is 19.8 Å². The summed E-state index contributed by atoms with van der Waals surface area (Å²) in [6, 6.07) is 0.390. The molecule has 11 heteroatoms. The van der Waals surface area contributed by atoms with E-state index in [1.54, 1.807) is 6.33 Å². The number of nitrogens with two attached hydrogens (primary N) is 1. The molecule has 4 rings (SSSR count). The van der Waals surface area contributed by atoms with Gasteiger partial charge in [-0.3, -0.25) is 14.8 Å². The van der Waals surface area contributed by atoms with Crippen LogP contribution in [-0.2, 0) is 9.47 Å². The molecular formula is C22H31N7O4. The van der Waals surface area contributed by atoms with Crippen molar-refractivity contribution in [1.29, 1.82) is 0 Å². The smallest absolute Gasteiger partial charge is 0.410 e. The molecule has 1 amide bonds. The highest BCUT2D eigenvalue weighted by atomic mass is 16.5. The predicted molar refractivity (Wildman–Crippen MR) is 121 cm³/mol. The van der Waals surface area contributed by atoms with Gasteiger partial charge in [0.2, 0.25) is 5.82 Å². The normalized spacial score (nSPS) is 21.1. The molecule has 0 radical (unpaired) electrons. The molecule has 0 spiro atoms. The molecular weight excluding hydrogens is 426 g/mol. The molecule has 0 aromatic carbocycles. The molecule has 33 heavy (non-hydrogen) atoms. The fourth-order valence-corrected chi connectivity index (χ4v) is 3.87. The molecule has 1 aliphatic carbocycles. The zero-order chi connectivity index (χ0) is 23.5. The number of aliphatic hydroxyl groups is 1. The van der Waals surface area contributed by atoms with Gasteiger partial charge in [0, 0.05) is 12.6 Å². The maximum absolute atomic E-state index is 11.9. The molecule has 2 aromatic heterocycles. The van der Waals surface area contributed by atoms with Crippen LogP contribution in [0.2, 0.25) is 0 Å². The van der Waals surface area contributed by atoms with Crippen LogP contribution in [0.25, 0.3) is 11.2 Å². The van der Waals surface area contributed by atoms with Crippen LogP contribution in [0.15, 0.2) is 6.33 Å². The van der Waals surface area contributed by atoms with Crippen LogP contribution < -0.4 is 11.1 Å². The van der Waals surface area contributed by atoms with Crippen LogP contribution in [0.4, 0.5) is 10.6 Å². The van der Waals surface area contributed by atoms with Crippen molar-refractivity contribution < 1.29 is 19.4 Å². The van der Waals surface area contributed by atoms with E-state index in [9.17, 15) is 9.90 Å². The molecule has 3 unspecified atom stereocenters. The number of nitrogens with one attached hydrogen (secondary N) is 1. The maximum Gasteiger partial charge on any atom is 0.410 e. The topological polar surface area (TPSA) is 141 Å². The summed E-state index contributed by atoms with van der Waals surface area (Å²) < 4.78 is 12.7. The lowest BCUT2D eigenvalue weighted by molar-refractivity contribution is -0.0695. The number of rotatable bonds is 7. The van der Waals surface area contributed by atoms with Crippen molar-refractivity contribution >= 4 is 23.1 Å². The van der Waals surface area contributed by atoms with Crippen molar-refractivity contribution in [3.8, 4) is 11.8 Å². The third-order valence-electron chi connectivity index (χ3n) is 5.61. The van der Waals surface area contributed by atoms with Crippen molar-refractivity contribution in [2.24, 2.45) is 5.92 Å². The van der Waals surface area contributed by atoms with Crippen LogP contribution in [-0.4, -0.2) is 74.2 Å². The van der Waals surface area contributed by atoms with Crippen molar-refractivity contribution in [1.82, 2.24) is 29.7 Å². The second-order valence-electron chi connectivity index (χ2n) is 8.89. The largest absolute Gasteiger partial charge is 0.453 e. The third kappa shape index (κ3) is 5.52. The van der Waals surface area contributed by atoms with Crippen LogP contribution in [0.1, 0.15) is 51.6 Å². The average Bonchev–Trinajstić information content (AvgIpc) is 3.28. The maximum atomic E-state index is 11.9. The Bertz CT molecular complexity index is 1060. The van der Waals surface area contributed by atoms with Gasteiger partial charge in [0.15, 0.2) is 11.5 Å². The minimum Gasteiger partial charge on any atom is -0.453 e. The van der Waals surface area contributed by atoms with E-state index >= 15 is 0 Å². The number of hydrogen-bond acceptors (Lipinski definition) is 9. The molecule has 3 heterocycles. The van der Waals surface area contributed by atoms with Gasteiger partial charge in [0.25, 0.3) is 0 Å². The molecule has 2 aromatic rings. The van der Waals surface area contributed by atoms with E-state index in [2.05, 4.69) is 32.1 Å². The summed E-state index contributed by atoms with van der Waals surface area (Å²) in [6.45, 7) is 4.74. The van der Waals surface area contributed by atoms with E-state index in [1.807, 2.05) is 18.4 Å². The fraction of sp³-hybridized carbons (Fsp3) is 0.636. The number of nitrogens with zero attached hydrogens (tertiary/aromatic N) is 5. The van der Waals surface area contributed by atoms with Gasteiger partial charge in [-0.15, -0.1) is 0 Å². The van der Waals surface area contributed by atoms with Crippen LogP contribution in [0.3, 0.4) is 0 Å². The first-order chi connectivity index (χ1) is 15.9. The Balaban J connectivity index is 1.50. The predicted octanol–water partition coefficient (Wildman–Crippen LogP) is 1.23. The molecule has 1 saturated carbocycles. The molecule has 11 nitrogen and oxygen atoms in total. The molecule has 1 saturated heterocycles. The van der Waals surface area contributed by atoms with Crippen LogP contribution >= 0.6 is 0 Å². The summed E-state index contributed by atoms with van der Waals surface area (Å²) in [5.74, 6) is 6.56. The Morgan fingerprint density at radius 2 is 2.18 bits per heavy atom. The number of ether oxygens (including phenoxy) is 2. The number of nitrogen functional groups attached to an aromatic ring is 1. The number of anilines is 1. The first-order valence-electron chi connectivity index (χ1n) is 11.3. The minimum absolute atomic E-state index is 0.185. The molecule has 4 N–H and O–H groups in total. The lowest BCUT2D eigenvalue weighted by Crippen LogP contribution is -2.40. The van der Waals surface area contributed by atoms with E-state index in [4.69, 9.17) is 15.2 Å². The number of hydrogen-bond donors (Lipinski definition) is 3. The van der Waals surface area contributed by atoms with E-state index in [0.29, 0.717) is 30.2 Å². The van der Waals surface area contributed by atoms with Crippen molar-refractivity contribution in [2.45, 2.75) is 64.1 Å². The highest BCUT2D eigenvalue weighted by molar-refractivity contribution is 5.82. The molecule has 2 fully saturated rings. The van der Waals surface area contributed by atoms with Gasteiger partial charge >= 0.3 is 6.09 Å². The zero-order valence-electron chi connectivity index (χ0n) is 19.2. The summed E-state index contributed by atoms with van der Waals surface area (Å²) in [5.41, 5.74) is 7.10. The van der Waals surface area contributed by atoms with Crippen molar-refractivity contribution in [3.63, 3.8) is 0 Å². The SMILES string of the molecule is COC(=O)N(CC#Cc1nc(N)c2ncn(C3CCC(C(O)NC4CC4)O3)c2n1)CC(C)C. The number of amides is 1. The second kappa shape index (κ2) is 9.91. The molecule has 0 bridgehead atoms. The summed E-state index contributed by atoms with van der Waals surface area (Å²) in [4.78, 5) is 26.6. The molecule has 2 aliphatic rings. The fourth-order valence-electron chi connectivity index (χ4n) is 3.87. The number of fused-ring (bicyclic) bond motifs is 1. The summed E-state index contributed by atoms with van der Waals surface area (Å²) in [6.07, 6.45) is 3.51. The van der Waals surface area contributed by atoms with Gasteiger partial charge in [-0.2, -0.15) is 0 Å². The Morgan fingerprint density at radius 3 is 2.88 bits per heavy atom. The number of aromatic nitrogens is 4. The standard InChI is InChI=1S/C22H31N7O4/c1-13(2)11-28(22(31)32-3)10-4-5-16-26-19(23)18-20(27-16)29(12-24-18)17-9-8-15(33-17)21(30)25-14-6-7-14/h12-15,17,21,25,30H,6-11H2,1-3H3,(H2,23,26,27). The Labute approximate surface area is 192 Å². The number of methoxy groups -OCH3 is 1. The van der Waals surface area contributed by atoms with E-state index in [1.165, 1.54) is 12.0 Å². The second-order valence-corrected chi connectivity index (χ2v) is 8.89. The first-order valence-corrected chi connectivity index (χ1v) is 11.3. The van der Waals surface area contributed by atoms with Gasteiger partial charge in [-0.25, -0.2) is 19.7 Å². The van der Waals surface area contributed by atoms with E-state index < -0.39 is 12.3 Å². The summed E-state index contributed by atoms with van der Waals surface area (Å²) in [7, 11) is 1.35. The van der Waals surface area contributed by atoms with E-state index in [0.717, 1.165) is 19.3 Å². The zero-order valence-corrected chi connectivity index (χ0v) is 19.2. The lowest BCUT2D eigenvalue weighted by Gasteiger charge is -2.20. The van der Waals surface area contributed by atoms with Crippen molar-refractivity contribution in [3.05, 3.63) is 12.2 Å². The number of imidazole rings is 1. The Hall–Kier alpha value is -2.94. The van der Waals surface area contributed by atoms with Crippen LogP contribution in [0.5, 0.6) is 0 Å². The molecule has 3 atom stereocenters. The molecule has 1 aliphatic heterocycles. The Kier molecular flexibility index (Phi) is 6.97. The van der Waals surface area contributed by atoms with E-state index in [-0.39, 0.29) is 36.4 Å². The molecule has 178 valence electrons. The quantitative estimate of drug-likeness (QED) is 0.413. The monoisotopic (exact) mass is 457 g/mol. The number of aliphatic hydroxyl groups excluding tert-OH is 1. The number of carbonyl (C=O) groups excluding carboxylic acids is 1. The average molecular weight is 458 g/mol. The summed E-state index contributed by atoms with van der Waals surface area (Å²) in [5, 5.41) is 13.5. The number of carbonyl (C=O) groups is 1. The minimum atomic E-state index is -0.693. The van der Waals surface area contributed by atoms with Gasteiger partial charge in [-0.05, 0) is 37.5 Å². The summed E-state index contributed by atoms with van der Waals surface area (Å²) >= 11 is 0. The van der Waals surface area contributed by atoms with Gasteiger partial charge < -0.3 is 20.3 Å². The van der Waals surface area contributed by atoms with Crippen LogP contribution in [0, 0.1) is 17.8 Å². The van der Waals surface area contributed by atoms with Crippen molar-refractivity contribution in [2.75, 3.05) is 25.9 Å². The van der Waals surface area contributed by atoms with Gasteiger partial charge in [0.05, 0.1) is 26.1 Å². The highest BCUT2D eigenvalue weighted by Gasteiger charge is 2.35.